The summed E-state index contributed by atoms with van der Waals surface area (Å²) in [6, 6.07) is 0. The molecule has 6 heteroatoms. The standard InChI is InChI=1S/C16H28I2N4/c1-19-9-11-21(13-19)15(17)7-5-3-4-6-8-16(18)22-12-10-20(2)14-22/h9-12,15-16H,3-8,13-14H2,1-2H3. The molecule has 0 aliphatic carbocycles. The Hall–Kier alpha value is 0.140. The third-order valence-electron chi connectivity index (χ3n) is 4.15. The molecule has 0 saturated heterocycles. The van der Waals surface area contributed by atoms with Crippen LogP contribution >= 0.6 is 45.2 Å². The topological polar surface area (TPSA) is 13.0 Å². The molecule has 2 unspecified atom stereocenters. The molecule has 0 aromatic rings. The normalized spacial score (nSPS) is 20.4. The highest BCUT2D eigenvalue weighted by Gasteiger charge is 2.17. The van der Waals surface area contributed by atoms with Crippen LogP contribution in [0.4, 0.5) is 0 Å². The molecule has 2 heterocycles. The lowest BCUT2D eigenvalue weighted by Crippen LogP contribution is -2.28. The van der Waals surface area contributed by atoms with Gasteiger partial charge in [-0.2, -0.15) is 0 Å². The molecule has 4 nitrogen and oxygen atoms in total. The van der Waals surface area contributed by atoms with Crippen molar-refractivity contribution in [1.29, 1.82) is 0 Å². The van der Waals surface area contributed by atoms with Gasteiger partial charge in [0.1, 0.15) is 0 Å². The Morgan fingerprint density at radius 3 is 1.45 bits per heavy atom. The van der Waals surface area contributed by atoms with Gasteiger partial charge in [0.05, 0.1) is 21.4 Å². The number of hydrogen-bond donors (Lipinski definition) is 0. The van der Waals surface area contributed by atoms with Gasteiger partial charge in [-0.25, -0.2) is 0 Å². The van der Waals surface area contributed by atoms with Crippen LogP contribution in [0, 0.1) is 0 Å². The number of unbranched alkanes of at least 4 members (excludes halogenated alkanes) is 3. The summed E-state index contributed by atoms with van der Waals surface area (Å²) in [5.74, 6) is 0. The van der Waals surface area contributed by atoms with Crippen LogP contribution in [0.25, 0.3) is 0 Å². The van der Waals surface area contributed by atoms with E-state index in [9.17, 15) is 0 Å². The van der Waals surface area contributed by atoms with E-state index in [-0.39, 0.29) is 0 Å². The molecular formula is C16H28I2N4. The molecule has 0 aromatic carbocycles. The minimum absolute atomic E-state index is 0.640. The van der Waals surface area contributed by atoms with Gasteiger partial charge in [0.15, 0.2) is 0 Å². The van der Waals surface area contributed by atoms with Crippen LogP contribution in [-0.2, 0) is 0 Å². The molecule has 0 radical (unpaired) electrons. The van der Waals surface area contributed by atoms with Crippen molar-refractivity contribution in [2.45, 2.75) is 46.6 Å². The second kappa shape index (κ2) is 9.44. The monoisotopic (exact) mass is 530 g/mol. The zero-order valence-electron chi connectivity index (χ0n) is 13.7. The van der Waals surface area contributed by atoms with Crippen molar-refractivity contribution in [3.63, 3.8) is 0 Å². The van der Waals surface area contributed by atoms with Gasteiger partial charge in [0, 0.05) is 38.9 Å². The van der Waals surface area contributed by atoms with Gasteiger partial charge < -0.3 is 19.6 Å². The summed E-state index contributed by atoms with van der Waals surface area (Å²) in [5.41, 5.74) is 0. The number of nitrogens with zero attached hydrogens (tertiary/aromatic N) is 4. The molecule has 0 amide bonds. The molecule has 2 atom stereocenters. The number of rotatable bonds is 9. The van der Waals surface area contributed by atoms with Crippen molar-refractivity contribution in [3.05, 3.63) is 24.8 Å². The minimum atomic E-state index is 0.640. The van der Waals surface area contributed by atoms with Crippen molar-refractivity contribution < 1.29 is 0 Å². The van der Waals surface area contributed by atoms with E-state index in [0.29, 0.717) is 8.10 Å². The molecule has 22 heavy (non-hydrogen) atoms. The van der Waals surface area contributed by atoms with E-state index in [4.69, 9.17) is 0 Å². The molecular weight excluding hydrogens is 502 g/mol. The summed E-state index contributed by atoms with van der Waals surface area (Å²) in [6.45, 7) is 2.09. The fourth-order valence-corrected chi connectivity index (χ4v) is 4.38. The fraction of sp³-hybridized carbons (Fsp3) is 0.750. The van der Waals surface area contributed by atoms with Crippen LogP contribution in [-0.4, -0.2) is 55.1 Å². The quantitative estimate of drug-likeness (QED) is 0.192. The van der Waals surface area contributed by atoms with E-state index >= 15 is 0 Å². The van der Waals surface area contributed by atoms with Gasteiger partial charge in [-0.15, -0.1) is 0 Å². The zero-order valence-corrected chi connectivity index (χ0v) is 18.0. The number of alkyl halides is 2. The van der Waals surface area contributed by atoms with Crippen LogP contribution in [0.1, 0.15) is 38.5 Å². The smallest absolute Gasteiger partial charge is 0.0900 e. The summed E-state index contributed by atoms with van der Waals surface area (Å²) in [4.78, 5) is 9.32. The first-order chi connectivity index (χ1) is 10.6. The van der Waals surface area contributed by atoms with Crippen molar-refractivity contribution in [1.82, 2.24) is 19.6 Å². The van der Waals surface area contributed by atoms with Crippen molar-refractivity contribution >= 4 is 45.2 Å². The number of halogens is 2. The SMILES string of the molecule is CN1C=CN(C(I)CCCCCCC(I)N2C=CN(C)C2)C1. The summed E-state index contributed by atoms with van der Waals surface area (Å²) >= 11 is 5.16. The minimum Gasteiger partial charge on any atom is -0.362 e. The van der Waals surface area contributed by atoms with Gasteiger partial charge >= 0.3 is 0 Å². The van der Waals surface area contributed by atoms with Crippen LogP contribution in [0.15, 0.2) is 24.8 Å². The van der Waals surface area contributed by atoms with E-state index < -0.39 is 0 Å². The van der Waals surface area contributed by atoms with Crippen molar-refractivity contribution in [2.75, 3.05) is 27.4 Å². The largest absolute Gasteiger partial charge is 0.362 e. The van der Waals surface area contributed by atoms with Gasteiger partial charge in [-0.05, 0) is 12.8 Å². The van der Waals surface area contributed by atoms with E-state index in [1.807, 2.05) is 0 Å². The molecule has 0 N–H and O–H groups in total. The van der Waals surface area contributed by atoms with E-state index in [2.05, 4.69) is 104 Å². The molecule has 2 rings (SSSR count). The molecule has 0 saturated carbocycles. The molecule has 0 bridgehead atoms. The average molecular weight is 530 g/mol. The summed E-state index contributed by atoms with van der Waals surface area (Å²) in [7, 11) is 4.27. The lowest BCUT2D eigenvalue weighted by atomic mass is 10.1. The van der Waals surface area contributed by atoms with Gasteiger partial charge in [0.2, 0.25) is 0 Å². The maximum Gasteiger partial charge on any atom is 0.0900 e. The second-order valence-electron chi connectivity index (χ2n) is 6.28. The van der Waals surface area contributed by atoms with Crippen LogP contribution < -0.4 is 0 Å². The second-order valence-corrected chi connectivity index (χ2v) is 9.16. The van der Waals surface area contributed by atoms with Gasteiger partial charge in [-0.3, -0.25) is 0 Å². The molecule has 126 valence electrons. The molecule has 2 aliphatic heterocycles. The highest BCUT2D eigenvalue weighted by atomic mass is 127. The Balaban J connectivity index is 1.47. The predicted octanol–water partition coefficient (Wildman–Crippen LogP) is 4.20. The Morgan fingerprint density at radius 2 is 1.14 bits per heavy atom. The molecule has 0 aromatic heterocycles. The highest BCUT2D eigenvalue weighted by molar-refractivity contribution is 14.1. The Bertz CT molecular complexity index is 352. The van der Waals surface area contributed by atoms with E-state index in [1.54, 1.807) is 0 Å². The highest BCUT2D eigenvalue weighted by Crippen LogP contribution is 2.22. The predicted molar refractivity (Wildman–Crippen MR) is 111 cm³/mol. The average Bonchev–Trinajstić information content (AvgIpc) is 3.11. The third kappa shape index (κ3) is 5.98. The van der Waals surface area contributed by atoms with E-state index in [0.717, 1.165) is 13.3 Å². The third-order valence-corrected chi connectivity index (χ3v) is 6.83. The maximum atomic E-state index is 2.58. The van der Waals surface area contributed by atoms with Crippen LogP contribution in [0.2, 0.25) is 0 Å². The maximum absolute atomic E-state index is 2.58. The Kier molecular flexibility index (Phi) is 7.93. The number of hydrogen-bond acceptors (Lipinski definition) is 4. The lowest BCUT2D eigenvalue weighted by molar-refractivity contribution is 0.276. The molecule has 0 fully saturated rings. The summed E-state index contributed by atoms with van der Waals surface area (Å²) in [5, 5.41) is 0. The van der Waals surface area contributed by atoms with Crippen LogP contribution in [0.5, 0.6) is 0 Å². The molecule has 2 aliphatic rings. The Labute approximate surface area is 162 Å². The lowest BCUT2D eigenvalue weighted by Gasteiger charge is -2.24. The van der Waals surface area contributed by atoms with Gasteiger partial charge in [-0.1, -0.05) is 70.9 Å². The first-order valence-corrected chi connectivity index (χ1v) is 10.6. The first kappa shape index (κ1) is 18.5. The summed E-state index contributed by atoms with van der Waals surface area (Å²) < 4.78 is 1.28. The van der Waals surface area contributed by atoms with Crippen molar-refractivity contribution in [2.24, 2.45) is 0 Å². The Morgan fingerprint density at radius 1 is 0.727 bits per heavy atom. The first-order valence-electron chi connectivity index (χ1n) is 8.13. The molecule has 0 spiro atoms. The van der Waals surface area contributed by atoms with E-state index in [1.165, 1.54) is 38.5 Å². The van der Waals surface area contributed by atoms with Crippen LogP contribution in [0.3, 0.4) is 0 Å². The fourth-order valence-electron chi connectivity index (χ4n) is 2.78. The van der Waals surface area contributed by atoms with Crippen molar-refractivity contribution in [3.8, 4) is 0 Å². The van der Waals surface area contributed by atoms with Gasteiger partial charge in [0.25, 0.3) is 0 Å². The zero-order chi connectivity index (χ0) is 15.9. The summed E-state index contributed by atoms with van der Waals surface area (Å²) in [6.07, 6.45) is 16.8.